The van der Waals surface area contributed by atoms with Crippen molar-refractivity contribution in [3.63, 3.8) is 0 Å². The highest BCUT2D eigenvalue weighted by atomic mass is 79.9. The Bertz CT molecular complexity index is 326. The summed E-state index contributed by atoms with van der Waals surface area (Å²) in [5, 5.41) is 13.5. The largest absolute Gasteiger partial charge is 0.465 e. The van der Waals surface area contributed by atoms with Crippen LogP contribution >= 0.6 is 15.9 Å². The number of halogens is 1. The van der Waals surface area contributed by atoms with Crippen molar-refractivity contribution in [2.24, 2.45) is 5.92 Å². The van der Waals surface area contributed by atoms with Crippen molar-refractivity contribution in [3.8, 4) is 0 Å². The molecule has 0 spiro atoms. The Hall–Kier alpha value is -0.320. The van der Waals surface area contributed by atoms with Crippen LogP contribution in [0.1, 0.15) is 31.6 Å². The zero-order valence-electron chi connectivity index (χ0n) is 8.74. The van der Waals surface area contributed by atoms with Crippen LogP contribution in [-0.2, 0) is 0 Å². The van der Waals surface area contributed by atoms with E-state index in [9.17, 15) is 5.11 Å². The quantitative estimate of drug-likeness (QED) is 0.870. The molecule has 0 amide bonds. The molecule has 1 aromatic rings. The van der Waals surface area contributed by atoms with Gasteiger partial charge in [0.25, 0.3) is 0 Å². The van der Waals surface area contributed by atoms with Crippen molar-refractivity contribution in [3.05, 3.63) is 22.6 Å². The van der Waals surface area contributed by atoms with E-state index >= 15 is 0 Å². The van der Waals surface area contributed by atoms with Crippen molar-refractivity contribution in [1.29, 1.82) is 0 Å². The molecule has 2 N–H and O–H groups in total. The lowest BCUT2D eigenvalue weighted by Gasteiger charge is -2.30. The van der Waals surface area contributed by atoms with Gasteiger partial charge in [0, 0.05) is 6.04 Å². The average Bonchev–Trinajstić information content (AvgIpc) is 2.63. The lowest BCUT2D eigenvalue weighted by Crippen LogP contribution is -2.41. The van der Waals surface area contributed by atoms with E-state index in [-0.39, 0.29) is 6.04 Å². The van der Waals surface area contributed by atoms with Gasteiger partial charge in [-0.05, 0) is 47.3 Å². The number of nitrogens with one attached hydrogen (secondary N) is 1. The van der Waals surface area contributed by atoms with E-state index in [1.54, 1.807) is 6.26 Å². The Kier molecular flexibility index (Phi) is 3.49. The molecule has 1 fully saturated rings. The number of piperidine rings is 1. The second-order valence-electron chi connectivity index (χ2n) is 4.27. The van der Waals surface area contributed by atoms with E-state index in [4.69, 9.17) is 4.42 Å². The van der Waals surface area contributed by atoms with Gasteiger partial charge in [-0.1, -0.05) is 6.92 Å². The first-order valence-corrected chi connectivity index (χ1v) is 6.12. The fourth-order valence-electron chi connectivity index (χ4n) is 2.09. The minimum absolute atomic E-state index is 0.108. The van der Waals surface area contributed by atoms with Gasteiger partial charge in [0.05, 0.1) is 10.7 Å². The lowest BCUT2D eigenvalue weighted by molar-refractivity contribution is 0.0813. The zero-order chi connectivity index (χ0) is 10.8. The maximum absolute atomic E-state index is 10.1. The van der Waals surface area contributed by atoms with Gasteiger partial charge in [-0.15, -0.1) is 0 Å². The number of rotatable bonds is 2. The molecular formula is C11H16BrNO2. The molecule has 3 unspecified atom stereocenters. The maximum atomic E-state index is 10.1. The van der Waals surface area contributed by atoms with Gasteiger partial charge in [0.1, 0.15) is 11.9 Å². The molecule has 15 heavy (non-hydrogen) atoms. The fourth-order valence-corrected chi connectivity index (χ4v) is 2.53. The Morgan fingerprint density at radius 2 is 2.47 bits per heavy atom. The van der Waals surface area contributed by atoms with Crippen molar-refractivity contribution < 1.29 is 9.52 Å². The van der Waals surface area contributed by atoms with Crippen molar-refractivity contribution in [2.45, 2.75) is 31.9 Å². The Morgan fingerprint density at radius 3 is 3.07 bits per heavy atom. The summed E-state index contributed by atoms with van der Waals surface area (Å²) in [6.07, 6.45) is 3.21. The van der Waals surface area contributed by atoms with E-state index in [1.165, 1.54) is 6.42 Å². The summed E-state index contributed by atoms with van der Waals surface area (Å²) >= 11 is 3.37. The van der Waals surface area contributed by atoms with E-state index in [1.807, 2.05) is 6.07 Å². The van der Waals surface area contributed by atoms with E-state index < -0.39 is 6.10 Å². The highest BCUT2D eigenvalue weighted by molar-refractivity contribution is 9.10. The molecule has 0 aromatic carbocycles. The first-order chi connectivity index (χ1) is 7.18. The molecule has 2 heterocycles. The minimum Gasteiger partial charge on any atom is -0.465 e. The molecule has 84 valence electrons. The van der Waals surface area contributed by atoms with Crippen LogP contribution in [0.5, 0.6) is 0 Å². The van der Waals surface area contributed by atoms with Gasteiger partial charge in [0.15, 0.2) is 0 Å². The summed E-state index contributed by atoms with van der Waals surface area (Å²) in [5.74, 6) is 1.29. The van der Waals surface area contributed by atoms with E-state index in [2.05, 4.69) is 28.2 Å². The fraction of sp³-hybridized carbons (Fsp3) is 0.636. The summed E-state index contributed by atoms with van der Waals surface area (Å²) < 4.78 is 6.12. The summed E-state index contributed by atoms with van der Waals surface area (Å²) in [5.41, 5.74) is 0. The average molecular weight is 274 g/mol. The first-order valence-electron chi connectivity index (χ1n) is 5.33. The Balaban J connectivity index is 2.07. The SMILES string of the molecule is CC1CCNC(C(O)c2occc2Br)C1. The number of aliphatic hydroxyl groups is 1. The normalized spacial score (nSPS) is 29.0. The molecule has 0 radical (unpaired) electrons. The van der Waals surface area contributed by atoms with Crippen LogP contribution in [0, 0.1) is 5.92 Å². The third-order valence-corrected chi connectivity index (χ3v) is 3.65. The second kappa shape index (κ2) is 4.68. The van der Waals surface area contributed by atoms with Gasteiger partial charge < -0.3 is 14.8 Å². The third kappa shape index (κ3) is 2.44. The van der Waals surface area contributed by atoms with Crippen LogP contribution in [-0.4, -0.2) is 17.7 Å². The monoisotopic (exact) mass is 273 g/mol. The molecule has 1 aliphatic heterocycles. The van der Waals surface area contributed by atoms with Crippen molar-refractivity contribution >= 4 is 15.9 Å². The zero-order valence-corrected chi connectivity index (χ0v) is 10.3. The highest BCUT2D eigenvalue weighted by Gasteiger charge is 2.28. The predicted molar refractivity (Wildman–Crippen MR) is 61.6 cm³/mol. The summed E-state index contributed by atoms with van der Waals surface area (Å²) in [7, 11) is 0. The Labute approximate surface area is 98.0 Å². The van der Waals surface area contributed by atoms with Crippen LogP contribution in [0.2, 0.25) is 0 Å². The van der Waals surface area contributed by atoms with E-state index in [0.29, 0.717) is 11.7 Å². The van der Waals surface area contributed by atoms with Crippen molar-refractivity contribution in [1.82, 2.24) is 5.32 Å². The molecule has 0 aliphatic carbocycles. The smallest absolute Gasteiger partial charge is 0.147 e. The van der Waals surface area contributed by atoms with Gasteiger partial charge in [-0.3, -0.25) is 0 Å². The van der Waals surface area contributed by atoms with Crippen LogP contribution in [0.25, 0.3) is 0 Å². The van der Waals surface area contributed by atoms with Gasteiger partial charge in [-0.25, -0.2) is 0 Å². The lowest BCUT2D eigenvalue weighted by atomic mass is 9.90. The van der Waals surface area contributed by atoms with Crippen LogP contribution in [0.3, 0.4) is 0 Å². The number of furan rings is 1. The molecule has 1 saturated heterocycles. The van der Waals surface area contributed by atoms with Gasteiger partial charge >= 0.3 is 0 Å². The molecule has 4 heteroatoms. The summed E-state index contributed by atoms with van der Waals surface area (Å²) in [4.78, 5) is 0. The Morgan fingerprint density at radius 1 is 1.67 bits per heavy atom. The summed E-state index contributed by atoms with van der Waals surface area (Å²) in [6, 6.07) is 1.92. The molecule has 0 saturated carbocycles. The predicted octanol–water partition coefficient (Wildman–Crippen LogP) is 2.46. The molecule has 1 aliphatic rings. The molecule has 2 rings (SSSR count). The highest BCUT2D eigenvalue weighted by Crippen LogP contribution is 2.30. The molecule has 0 bridgehead atoms. The van der Waals surface area contributed by atoms with Crippen LogP contribution < -0.4 is 5.32 Å². The molecule has 3 atom stereocenters. The number of hydrogen-bond donors (Lipinski definition) is 2. The topological polar surface area (TPSA) is 45.4 Å². The van der Waals surface area contributed by atoms with Gasteiger partial charge in [0.2, 0.25) is 0 Å². The standard InChI is InChI=1S/C11H16BrNO2/c1-7-2-4-13-9(6-7)10(14)11-8(12)3-5-15-11/h3,5,7,9-10,13-14H,2,4,6H2,1H3. The first kappa shape index (κ1) is 11.2. The minimum atomic E-state index is -0.558. The molecule has 3 nitrogen and oxygen atoms in total. The molecule has 1 aromatic heterocycles. The van der Waals surface area contributed by atoms with Crippen LogP contribution in [0.15, 0.2) is 21.2 Å². The van der Waals surface area contributed by atoms with Crippen LogP contribution in [0.4, 0.5) is 0 Å². The number of aliphatic hydroxyl groups excluding tert-OH is 1. The second-order valence-corrected chi connectivity index (χ2v) is 5.12. The van der Waals surface area contributed by atoms with E-state index in [0.717, 1.165) is 17.4 Å². The van der Waals surface area contributed by atoms with Gasteiger partial charge in [-0.2, -0.15) is 0 Å². The third-order valence-electron chi connectivity index (χ3n) is 2.99. The summed E-state index contributed by atoms with van der Waals surface area (Å²) in [6.45, 7) is 3.19. The van der Waals surface area contributed by atoms with Crippen molar-refractivity contribution in [2.75, 3.05) is 6.54 Å². The maximum Gasteiger partial charge on any atom is 0.147 e. The number of hydrogen-bond acceptors (Lipinski definition) is 3. The molecular weight excluding hydrogens is 258 g/mol.